The van der Waals surface area contributed by atoms with Gasteiger partial charge in [-0.25, -0.2) is 8.42 Å². The number of carbonyl (C=O) groups is 1. The van der Waals surface area contributed by atoms with Crippen molar-refractivity contribution < 1.29 is 13.2 Å². The van der Waals surface area contributed by atoms with Crippen LogP contribution in [0.3, 0.4) is 0 Å². The number of sulfonamides is 1. The second-order valence-corrected chi connectivity index (χ2v) is 9.21. The van der Waals surface area contributed by atoms with Crippen LogP contribution in [0.4, 0.5) is 5.69 Å². The van der Waals surface area contributed by atoms with Gasteiger partial charge in [0.1, 0.15) is 6.54 Å². The SMILES string of the molecule is CCC[C@@H](C)NC(=O)CN(c1ccc(C)c(C)c1)S(=O)(=O)c1ccc(C)cc1. The summed E-state index contributed by atoms with van der Waals surface area (Å²) in [7, 11) is -3.87. The number of rotatable bonds is 8. The molecule has 0 fully saturated rings. The third-order valence-electron chi connectivity index (χ3n) is 4.80. The minimum Gasteiger partial charge on any atom is -0.352 e. The summed E-state index contributed by atoms with van der Waals surface area (Å²) < 4.78 is 27.9. The number of nitrogens with one attached hydrogen (secondary N) is 1. The molecule has 0 aromatic heterocycles. The minimum absolute atomic E-state index is 0.00110. The Kier molecular flexibility index (Phi) is 7.24. The molecule has 0 aliphatic carbocycles. The minimum atomic E-state index is -3.87. The van der Waals surface area contributed by atoms with E-state index in [2.05, 4.69) is 5.32 Å². The van der Waals surface area contributed by atoms with Crippen LogP contribution in [0.2, 0.25) is 0 Å². The summed E-state index contributed by atoms with van der Waals surface area (Å²) in [5.41, 5.74) is 3.50. The lowest BCUT2D eigenvalue weighted by Crippen LogP contribution is -2.43. The van der Waals surface area contributed by atoms with E-state index < -0.39 is 10.0 Å². The third kappa shape index (κ3) is 5.35. The van der Waals surface area contributed by atoms with Gasteiger partial charge in [-0.1, -0.05) is 37.1 Å². The van der Waals surface area contributed by atoms with Crippen molar-refractivity contribution in [1.29, 1.82) is 0 Å². The summed E-state index contributed by atoms with van der Waals surface area (Å²) in [5, 5.41) is 2.89. The Morgan fingerprint density at radius 1 is 1.04 bits per heavy atom. The summed E-state index contributed by atoms with van der Waals surface area (Å²) in [6, 6.07) is 12.1. The largest absolute Gasteiger partial charge is 0.352 e. The molecule has 0 saturated carbocycles. The van der Waals surface area contributed by atoms with Crippen LogP contribution in [0.5, 0.6) is 0 Å². The number of carbonyl (C=O) groups excluding carboxylic acids is 1. The third-order valence-corrected chi connectivity index (χ3v) is 6.59. The van der Waals surface area contributed by atoms with E-state index >= 15 is 0 Å². The van der Waals surface area contributed by atoms with Crippen molar-refractivity contribution in [3.8, 4) is 0 Å². The maximum Gasteiger partial charge on any atom is 0.264 e. The van der Waals surface area contributed by atoms with Crippen LogP contribution in [-0.4, -0.2) is 26.9 Å². The normalized spacial score (nSPS) is 12.5. The van der Waals surface area contributed by atoms with Crippen LogP contribution in [0, 0.1) is 20.8 Å². The first kappa shape index (κ1) is 22.0. The Balaban J connectivity index is 2.42. The number of amides is 1. The van der Waals surface area contributed by atoms with Gasteiger partial charge in [-0.05, 0) is 69.5 Å². The lowest BCUT2D eigenvalue weighted by molar-refractivity contribution is -0.120. The number of nitrogens with zero attached hydrogens (tertiary/aromatic N) is 1. The van der Waals surface area contributed by atoms with Gasteiger partial charge in [0, 0.05) is 6.04 Å². The van der Waals surface area contributed by atoms with Crippen molar-refractivity contribution in [3.05, 3.63) is 59.2 Å². The Labute approximate surface area is 168 Å². The standard InChI is InChI=1S/C22H30N2O3S/c1-6-7-19(5)23-22(25)15-24(20-11-10-17(3)18(4)14-20)28(26,27)21-12-8-16(2)9-13-21/h8-14,19H,6-7,15H2,1-5H3,(H,23,25)/t19-/m1/s1. The van der Waals surface area contributed by atoms with Gasteiger partial charge in [-0.2, -0.15) is 0 Å². The molecule has 0 unspecified atom stereocenters. The molecule has 6 heteroatoms. The Bertz CT molecular complexity index is 921. The second-order valence-electron chi connectivity index (χ2n) is 7.35. The molecule has 0 spiro atoms. The average Bonchev–Trinajstić information content (AvgIpc) is 2.62. The smallest absolute Gasteiger partial charge is 0.264 e. The molecule has 0 saturated heterocycles. The van der Waals surface area contributed by atoms with Gasteiger partial charge >= 0.3 is 0 Å². The van der Waals surface area contributed by atoms with Crippen molar-refractivity contribution >= 4 is 21.6 Å². The highest BCUT2D eigenvalue weighted by Crippen LogP contribution is 2.26. The van der Waals surface area contributed by atoms with Crippen LogP contribution in [0.15, 0.2) is 47.4 Å². The molecule has 0 heterocycles. The highest BCUT2D eigenvalue weighted by Gasteiger charge is 2.27. The maximum atomic E-state index is 13.3. The molecule has 0 aliphatic heterocycles. The first-order valence-electron chi connectivity index (χ1n) is 9.61. The summed E-state index contributed by atoms with van der Waals surface area (Å²) in [4.78, 5) is 12.8. The first-order chi connectivity index (χ1) is 13.1. The van der Waals surface area contributed by atoms with Gasteiger partial charge < -0.3 is 5.32 Å². The molecular formula is C22H30N2O3S. The molecule has 1 atom stereocenters. The van der Waals surface area contributed by atoms with Crippen LogP contribution in [0.25, 0.3) is 0 Å². The molecule has 152 valence electrons. The second kappa shape index (κ2) is 9.24. The fourth-order valence-electron chi connectivity index (χ4n) is 2.99. The van der Waals surface area contributed by atoms with E-state index in [0.29, 0.717) is 5.69 Å². The van der Waals surface area contributed by atoms with E-state index in [9.17, 15) is 13.2 Å². The zero-order valence-corrected chi connectivity index (χ0v) is 18.1. The maximum absolute atomic E-state index is 13.3. The molecule has 0 aliphatic rings. The molecule has 2 rings (SSSR count). The van der Waals surface area contributed by atoms with Gasteiger partial charge in [-0.3, -0.25) is 9.10 Å². The highest BCUT2D eigenvalue weighted by atomic mass is 32.2. The van der Waals surface area contributed by atoms with E-state index in [1.54, 1.807) is 30.3 Å². The van der Waals surface area contributed by atoms with Crippen molar-refractivity contribution in [3.63, 3.8) is 0 Å². The lowest BCUT2D eigenvalue weighted by atomic mass is 10.1. The topological polar surface area (TPSA) is 66.5 Å². The molecule has 2 aromatic carbocycles. The zero-order valence-electron chi connectivity index (χ0n) is 17.3. The predicted molar refractivity (Wildman–Crippen MR) is 114 cm³/mol. The molecule has 1 amide bonds. The van der Waals surface area contributed by atoms with E-state index in [1.165, 1.54) is 4.31 Å². The number of anilines is 1. The molecule has 2 aromatic rings. The van der Waals surface area contributed by atoms with E-state index in [1.807, 2.05) is 46.8 Å². The molecule has 1 N–H and O–H groups in total. The van der Waals surface area contributed by atoms with Crippen molar-refractivity contribution in [2.45, 2.75) is 58.4 Å². The van der Waals surface area contributed by atoms with Crippen LogP contribution < -0.4 is 9.62 Å². The zero-order chi connectivity index (χ0) is 20.9. The van der Waals surface area contributed by atoms with Crippen LogP contribution in [-0.2, 0) is 14.8 Å². The van der Waals surface area contributed by atoms with Crippen molar-refractivity contribution in [2.24, 2.45) is 0 Å². The summed E-state index contributed by atoms with van der Waals surface area (Å²) in [6.07, 6.45) is 1.80. The summed E-state index contributed by atoms with van der Waals surface area (Å²) >= 11 is 0. The fourth-order valence-corrected chi connectivity index (χ4v) is 4.40. The van der Waals surface area contributed by atoms with Crippen LogP contribution in [0.1, 0.15) is 43.4 Å². The van der Waals surface area contributed by atoms with E-state index in [-0.39, 0.29) is 23.4 Å². The monoisotopic (exact) mass is 402 g/mol. The van der Waals surface area contributed by atoms with Crippen LogP contribution >= 0.6 is 0 Å². The van der Waals surface area contributed by atoms with Gasteiger partial charge in [-0.15, -0.1) is 0 Å². The first-order valence-corrected chi connectivity index (χ1v) is 11.0. The Morgan fingerprint density at radius 3 is 2.25 bits per heavy atom. The highest BCUT2D eigenvalue weighted by molar-refractivity contribution is 7.92. The van der Waals surface area contributed by atoms with Gasteiger partial charge in [0.05, 0.1) is 10.6 Å². The summed E-state index contributed by atoms with van der Waals surface area (Å²) in [6.45, 7) is 9.52. The number of hydrogen-bond acceptors (Lipinski definition) is 3. The average molecular weight is 403 g/mol. The lowest BCUT2D eigenvalue weighted by Gasteiger charge is -2.25. The predicted octanol–water partition coefficient (Wildman–Crippen LogP) is 4.11. The molecule has 0 bridgehead atoms. The molecule has 5 nitrogen and oxygen atoms in total. The van der Waals surface area contributed by atoms with E-state index in [4.69, 9.17) is 0 Å². The molecule has 0 radical (unpaired) electrons. The van der Waals surface area contributed by atoms with E-state index in [0.717, 1.165) is 29.5 Å². The van der Waals surface area contributed by atoms with Gasteiger partial charge in [0.15, 0.2) is 0 Å². The number of hydrogen-bond donors (Lipinski definition) is 1. The Morgan fingerprint density at radius 2 is 1.68 bits per heavy atom. The quantitative estimate of drug-likeness (QED) is 0.722. The summed E-state index contributed by atoms with van der Waals surface area (Å²) in [5.74, 6) is -0.310. The molecule has 28 heavy (non-hydrogen) atoms. The number of benzene rings is 2. The number of aryl methyl sites for hydroxylation is 3. The van der Waals surface area contributed by atoms with Crippen molar-refractivity contribution in [1.82, 2.24) is 5.32 Å². The van der Waals surface area contributed by atoms with Crippen molar-refractivity contribution in [2.75, 3.05) is 10.8 Å². The van der Waals surface area contributed by atoms with Gasteiger partial charge in [0.2, 0.25) is 5.91 Å². The van der Waals surface area contributed by atoms with Gasteiger partial charge in [0.25, 0.3) is 10.0 Å². The fraction of sp³-hybridized carbons (Fsp3) is 0.409. The molecular weight excluding hydrogens is 372 g/mol. The Hall–Kier alpha value is -2.34.